The van der Waals surface area contributed by atoms with Crippen LogP contribution in [-0.4, -0.2) is 26.2 Å². The fourth-order valence-corrected chi connectivity index (χ4v) is 1.76. The SMILES string of the molecule is C=CCNC(C)(C(=O)OC)c1cccc(OC(F)F)c1. The minimum absolute atomic E-state index is 0.0203. The summed E-state index contributed by atoms with van der Waals surface area (Å²) in [5.41, 5.74) is -0.714. The van der Waals surface area contributed by atoms with Crippen LogP contribution in [0, 0.1) is 0 Å². The van der Waals surface area contributed by atoms with Crippen molar-refractivity contribution in [1.82, 2.24) is 5.32 Å². The summed E-state index contributed by atoms with van der Waals surface area (Å²) in [6, 6.07) is 5.93. The second-order valence-electron chi connectivity index (χ2n) is 4.19. The number of carbonyl (C=O) groups excluding carboxylic acids is 1. The average molecular weight is 285 g/mol. The van der Waals surface area contributed by atoms with E-state index < -0.39 is 18.1 Å². The van der Waals surface area contributed by atoms with Crippen LogP contribution in [0.5, 0.6) is 5.75 Å². The van der Waals surface area contributed by atoms with Crippen molar-refractivity contribution in [3.8, 4) is 5.75 Å². The Hall–Kier alpha value is -1.95. The average Bonchev–Trinajstić information content (AvgIpc) is 2.43. The Kier molecular flexibility index (Phi) is 5.64. The molecule has 1 aromatic rings. The van der Waals surface area contributed by atoms with Crippen molar-refractivity contribution in [2.45, 2.75) is 19.1 Å². The lowest BCUT2D eigenvalue weighted by atomic mass is 9.91. The largest absolute Gasteiger partial charge is 0.467 e. The summed E-state index contributed by atoms with van der Waals surface area (Å²) in [6.07, 6.45) is 1.58. The number of halogens is 2. The monoisotopic (exact) mass is 285 g/mol. The summed E-state index contributed by atoms with van der Waals surface area (Å²) in [4.78, 5) is 12.0. The Balaban J connectivity index is 3.13. The van der Waals surface area contributed by atoms with Gasteiger partial charge in [0.1, 0.15) is 11.3 Å². The van der Waals surface area contributed by atoms with E-state index in [1.165, 1.54) is 25.3 Å². The van der Waals surface area contributed by atoms with Crippen LogP contribution in [-0.2, 0) is 15.1 Å². The van der Waals surface area contributed by atoms with Gasteiger partial charge >= 0.3 is 12.6 Å². The molecule has 0 aliphatic rings. The smallest absolute Gasteiger partial charge is 0.387 e. The van der Waals surface area contributed by atoms with Crippen LogP contribution in [0.15, 0.2) is 36.9 Å². The van der Waals surface area contributed by atoms with Gasteiger partial charge in [0.25, 0.3) is 0 Å². The molecule has 1 aromatic carbocycles. The summed E-state index contributed by atoms with van der Waals surface area (Å²) in [7, 11) is 1.26. The highest BCUT2D eigenvalue weighted by Crippen LogP contribution is 2.26. The molecular weight excluding hydrogens is 268 g/mol. The van der Waals surface area contributed by atoms with Crippen LogP contribution in [0.3, 0.4) is 0 Å². The van der Waals surface area contributed by atoms with Gasteiger partial charge in [-0.1, -0.05) is 18.2 Å². The number of ether oxygens (including phenoxy) is 2. The molecule has 110 valence electrons. The van der Waals surface area contributed by atoms with Crippen molar-refractivity contribution in [2.24, 2.45) is 0 Å². The zero-order valence-electron chi connectivity index (χ0n) is 11.4. The van der Waals surface area contributed by atoms with Gasteiger partial charge in [0.2, 0.25) is 0 Å². The molecule has 0 fully saturated rings. The highest BCUT2D eigenvalue weighted by molar-refractivity contribution is 5.82. The van der Waals surface area contributed by atoms with Crippen LogP contribution in [0.4, 0.5) is 8.78 Å². The van der Waals surface area contributed by atoms with Crippen molar-refractivity contribution in [1.29, 1.82) is 0 Å². The van der Waals surface area contributed by atoms with Gasteiger partial charge in [0.15, 0.2) is 0 Å². The summed E-state index contributed by atoms with van der Waals surface area (Å²) in [5, 5.41) is 2.96. The van der Waals surface area contributed by atoms with Crippen LogP contribution in [0.2, 0.25) is 0 Å². The van der Waals surface area contributed by atoms with E-state index in [1.54, 1.807) is 19.1 Å². The van der Waals surface area contributed by atoms with Crippen molar-refractivity contribution in [3.63, 3.8) is 0 Å². The van der Waals surface area contributed by atoms with Crippen LogP contribution >= 0.6 is 0 Å². The molecule has 0 aromatic heterocycles. The van der Waals surface area contributed by atoms with Gasteiger partial charge in [-0.05, 0) is 24.6 Å². The number of esters is 1. The molecule has 0 spiro atoms. The Morgan fingerprint density at radius 3 is 2.80 bits per heavy atom. The Labute approximate surface area is 116 Å². The van der Waals surface area contributed by atoms with E-state index in [0.717, 1.165) is 0 Å². The minimum atomic E-state index is -2.92. The topological polar surface area (TPSA) is 47.6 Å². The molecule has 1 rings (SSSR count). The first kappa shape index (κ1) is 16.1. The summed E-state index contributed by atoms with van der Waals surface area (Å²) < 4.78 is 33.6. The van der Waals surface area contributed by atoms with E-state index >= 15 is 0 Å². The van der Waals surface area contributed by atoms with Gasteiger partial charge in [0.05, 0.1) is 7.11 Å². The zero-order valence-corrected chi connectivity index (χ0v) is 11.4. The number of hydrogen-bond donors (Lipinski definition) is 1. The molecule has 0 aliphatic carbocycles. The Morgan fingerprint density at radius 1 is 1.55 bits per heavy atom. The van der Waals surface area contributed by atoms with Crippen molar-refractivity contribution in [2.75, 3.05) is 13.7 Å². The molecule has 0 amide bonds. The van der Waals surface area contributed by atoms with E-state index in [9.17, 15) is 13.6 Å². The van der Waals surface area contributed by atoms with Crippen LogP contribution in [0.25, 0.3) is 0 Å². The summed E-state index contributed by atoms with van der Waals surface area (Å²) >= 11 is 0. The summed E-state index contributed by atoms with van der Waals surface area (Å²) in [6.45, 7) is 2.59. The molecule has 4 nitrogen and oxygen atoms in total. The van der Waals surface area contributed by atoms with Crippen molar-refractivity contribution >= 4 is 5.97 Å². The Bertz CT molecular complexity index is 479. The number of carbonyl (C=O) groups is 1. The van der Waals surface area contributed by atoms with Crippen LogP contribution < -0.4 is 10.1 Å². The van der Waals surface area contributed by atoms with Gasteiger partial charge in [-0.2, -0.15) is 8.78 Å². The standard InChI is InChI=1S/C14H17F2NO3/c1-4-8-17-14(2,12(18)19-3)10-6-5-7-11(9-10)20-13(15)16/h4-7,9,13,17H,1,8H2,2-3H3. The lowest BCUT2D eigenvalue weighted by Gasteiger charge is -2.28. The highest BCUT2D eigenvalue weighted by atomic mass is 19.3. The van der Waals surface area contributed by atoms with E-state index in [2.05, 4.69) is 16.6 Å². The molecule has 0 heterocycles. The van der Waals surface area contributed by atoms with Crippen molar-refractivity contribution in [3.05, 3.63) is 42.5 Å². The minimum Gasteiger partial charge on any atom is -0.467 e. The molecule has 0 bridgehead atoms. The van der Waals surface area contributed by atoms with Gasteiger partial charge in [0, 0.05) is 6.54 Å². The van der Waals surface area contributed by atoms with Gasteiger partial charge in [-0.3, -0.25) is 5.32 Å². The Morgan fingerprint density at radius 2 is 2.25 bits per heavy atom. The number of rotatable bonds is 7. The maximum Gasteiger partial charge on any atom is 0.387 e. The molecule has 0 aliphatic heterocycles. The fraction of sp³-hybridized carbons (Fsp3) is 0.357. The number of benzene rings is 1. The molecule has 1 unspecified atom stereocenters. The molecule has 0 saturated heterocycles. The molecule has 6 heteroatoms. The van der Waals surface area contributed by atoms with E-state index in [0.29, 0.717) is 12.1 Å². The first-order valence-corrected chi connectivity index (χ1v) is 5.93. The molecule has 1 N–H and O–H groups in total. The molecule has 1 atom stereocenters. The maximum atomic E-state index is 12.2. The molecule has 0 radical (unpaired) electrons. The predicted molar refractivity (Wildman–Crippen MR) is 70.6 cm³/mol. The number of hydrogen-bond acceptors (Lipinski definition) is 4. The van der Waals surface area contributed by atoms with Crippen LogP contribution in [0.1, 0.15) is 12.5 Å². The second-order valence-corrected chi connectivity index (χ2v) is 4.19. The number of alkyl halides is 2. The highest BCUT2D eigenvalue weighted by Gasteiger charge is 2.36. The number of nitrogens with one attached hydrogen (secondary N) is 1. The third-order valence-corrected chi connectivity index (χ3v) is 2.83. The van der Waals surface area contributed by atoms with Gasteiger partial charge in [-0.15, -0.1) is 6.58 Å². The molecule has 0 saturated carbocycles. The molecule has 20 heavy (non-hydrogen) atoms. The van der Waals surface area contributed by atoms with Gasteiger partial charge < -0.3 is 9.47 Å². The molecular formula is C14H17F2NO3. The predicted octanol–water partition coefficient (Wildman–Crippen LogP) is 2.45. The normalized spacial score (nSPS) is 13.7. The quantitative estimate of drug-likeness (QED) is 0.617. The second kappa shape index (κ2) is 7.00. The zero-order chi connectivity index (χ0) is 15.2. The van der Waals surface area contributed by atoms with Gasteiger partial charge in [-0.25, -0.2) is 4.79 Å². The van der Waals surface area contributed by atoms with E-state index in [-0.39, 0.29) is 5.75 Å². The first-order valence-electron chi connectivity index (χ1n) is 5.93. The lowest BCUT2D eigenvalue weighted by Crippen LogP contribution is -2.47. The lowest BCUT2D eigenvalue weighted by molar-refractivity contribution is -0.148. The maximum absolute atomic E-state index is 12.2. The third kappa shape index (κ3) is 3.77. The van der Waals surface area contributed by atoms with E-state index in [1.807, 2.05) is 0 Å². The number of methoxy groups -OCH3 is 1. The van der Waals surface area contributed by atoms with E-state index in [4.69, 9.17) is 4.74 Å². The first-order chi connectivity index (χ1) is 9.43. The summed E-state index contributed by atoms with van der Waals surface area (Å²) in [5.74, 6) is -0.554. The fourth-order valence-electron chi connectivity index (χ4n) is 1.76. The van der Waals surface area contributed by atoms with Crippen molar-refractivity contribution < 1.29 is 23.0 Å². The third-order valence-electron chi connectivity index (χ3n) is 2.83.